The van der Waals surface area contributed by atoms with Crippen LogP contribution in [0.5, 0.6) is 5.75 Å². The summed E-state index contributed by atoms with van der Waals surface area (Å²) in [7, 11) is 1.60. The van der Waals surface area contributed by atoms with E-state index >= 15 is 0 Å². The third-order valence-corrected chi connectivity index (χ3v) is 4.53. The number of hydrogen-bond acceptors (Lipinski definition) is 3. The van der Waals surface area contributed by atoms with Gasteiger partial charge in [0, 0.05) is 34.6 Å². The largest absolute Gasteiger partial charge is 0.497 e. The first-order valence-electron chi connectivity index (χ1n) is 8.57. The Kier molecular flexibility index (Phi) is 5.19. The summed E-state index contributed by atoms with van der Waals surface area (Å²) in [6.45, 7) is 5.15. The molecule has 130 valence electrons. The maximum absolute atomic E-state index is 11.9. The van der Waals surface area contributed by atoms with Crippen LogP contribution in [-0.4, -0.2) is 7.11 Å². The lowest BCUT2D eigenvalue weighted by Gasteiger charge is -2.20. The van der Waals surface area contributed by atoms with Crippen molar-refractivity contribution < 1.29 is 14.5 Å². The molecule has 0 aliphatic carbocycles. The second-order valence-corrected chi connectivity index (χ2v) is 6.57. The number of ether oxygens (including phenoxy) is 1. The van der Waals surface area contributed by atoms with Crippen LogP contribution < -0.4 is 15.7 Å². The fraction of sp³-hybridized carbons (Fsp3) is 0.286. The Hall–Kier alpha value is -2.59. The van der Waals surface area contributed by atoms with Crippen molar-refractivity contribution in [3.63, 3.8) is 0 Å². The first-order chi connectivity index (χ1) is 12.1. The van der Waals surface area contributed by atoms with E-state index < -0.39 is 0 Å². The minimum absolute atomic E-state index is 0.329. The predicted molar refractivity (Wildman–Crippen MR) is 98.7 cm³/mol. The smallest absolute Gasteiger partial charge is 0.336 e. The highest BCUT2D eigenvalue weighted by Crippen LogP contribution is 2.23. The average Bonchev–Trinajstić information content (AvgIpc) is 2.61. The third-order valence-electron chi connectivity index (χ3n) is 4.53. The Balaban J connectivity index is 1.90. The molecular weight excluding hydrogens is 314 g/mol. The van der Waals surface area contributed by atoms with E-state index in [1.165, 1.54) is 5.56 Å². The molecule has 0 aliphatic heterocycles. The van der Waals surface area contributed by atoms with Gasteiger partial charge in [-0.15, -0.1) is 0 Å². The van der Waals surface area contributed by atoms with Crippen LogP contribution in [0.1, 0.15) is 31.0 Å². The van der Waals surface area contributed by atoms with E-state index in [1.807, 2.05) is 18.2 Å². The second-order valence-electron chi connectivity index (χ2n) is 6.57. The normalized spacial score (nSPS) is 12.5. The van der Waals surface area contributed by atoms with Gasteiger partial charge in [-0.25, -0.2) is 4.79 Å². The Morgan fingerprint density at radius 1 is 1.08 bits per heavy atom. The van der Waals surface area contributed by atoms with Gasteiger partial charge in [0.2, 0.25) is 0 Å². The first kappa shape index (κ1) is 17.2. The molecule has 1 heterocycles. The van der Waals surface area contributed by atoms with Crippen molar-refractivity contribution in [2.24, 2.45) is 5.92 Å². The van der Waals surface area contributed by atoms with Crippen molar-refractivity contribution in [3.05, 3.63) is 76.1 Å². The Bertz CT molecular complexity index is 900. The SMILES string of the molecule is COc1ccc2c(C[NH2+][C@@H](c3ccccc3)C(C)C)cc(=O)oc2c1. The topological polar surface area (TPSA) is 56.0 Å². The van der Waals surface area contributed by atoms with E-state index in [9.17, 15) is 4.79 Å². The van der Waals surface area contributed by atoms with Gasteiger partial charge in [-0.1, -0.05) is 44.2 Å². The summed E-state index contributed by atoms with van der Waals surface area (Å²) in [4.78, 5) is 11.9. The molecule has 0 radical (unpaired) electrons. The quantitative estimate of drug-likeness (QED) is 0.702. The van der Waals surface area contributed by atoms with Gasteiger partial charge in [-0.2, -0.15) is 0 Å². The summed E-state index contributed by atoms with van der Waals surface area (Å²) in [5, 5.41) is 3.24. The van der Waals surface area contributed by atoms with Crippen LogP contribution in [0.4, 0.5) is 0 Å². The third kappa shape index (κ3) is 3.91. The highest BCUT2D eigenvalue weighted by atomic mass is 16.5. The molecule has 0 saturated heterocycles. The molecule has 4 heteroatoms. The van der Waals surface area contributed by atoms with Gasteiger partial charge in [-0.3, -0.25) is 0 Å². The monoisotopic (exact) mass is 338 g/mol. The zero-order valence-electron chi connectivity index (χ0n) is 14.9. The molecular formula is C21H24NO3+. The van der Waals surface area contributed by atoms with Gasteiger partial charge >= 0.3 is 5.63 Å². The summed E-state index contributed by atoms with van der Waals surface area (Å²) >= 11 is 0. The molecule has 0 unspecified atom stereocenters. The van der Waals surface area contributed by atoms with Crippen molar-refractivity contribution in [1.29, 1.82) is 0 Å². The summed E-state index contributed by atoms with van der Waals surface area (Å²) in [6.07, 6.45) is 0. The highest BCUT2D eigenvalue weighted by molar-refractivity contribution is 5.81. The lowest BCUT2D eigenvalue weighted by molar-refractivity contribution is -0.716. The fourth-order valence-electron chi connectivity index (χ4n) is 3.23. The summed E-state index contributed by atoms with van der Waals surface area (Å²) in [5.74, 6) is 1.16. The van der Waals surface area contributed by atoms with Crippen LogP contribution in [0.15, 0.2) is 63.8 Å². The lowest BCUT2D eigenvalue weighted by atomic mass is 9.95. The van der Waals surface area contributed by atoms with Crippen LogP contribution in [0.2, 0.25) is 0 Å². The van der Waals surface area contributed by atoms with E-state index in [1.54, 1.807) is 19.2 Å². The molecule has 1 atom stereocenters. The van der Waals surface area contributed by atoms with Crippen molar-refractivity contribution in [2.45, 2.75) is 26.4 Å². The van der Waals surface area contributed by atoms with Gasteiger partial charge in [0.1, 0.15) is 23.9 Å². The van der Waals surface area contributed by atoms with E-state index in [0.717, 1.165) is 10.9 Å². The van der Waals surface area contributed by atoms with Crippen LogP contribution in [0.25, 0.3) is 11.0 Å². The predicted octanol–water partition coefficient (Wildman–Crippen LogP) is 3.26. The van der Waals surface area contributed by atoms with Crippen molar-refractivity contribution in [3.8, 4) is 5.75 Å². The van der Waals surface area contributed by atoms with Gasteiger partial charge in [0.15, 0.2) is 0 Å². The van der Waals surface area contributed by atoms with Crippen molar-refractivity contribution in [1.82, 2.24) is 0 Å². The molecule has 0 fully saturated rings. The molecule has 3 aromatic rings. The van der Waals surface area contributed by atoms with Gasteiger partial charge in [0.05, 0.1) is 7.11 Å². The number of fused-ring (bicyclic) bond motifs is 1. The average molecular weight is 338 g/mol. The maximum Gasteiger partial charge on any atom is 0.336 e. The molecule has 0 saturated carbocycles. The number of nitrogens with two attached hydrogens (primary N) is 1. The van der Waals surface area contributed by atoms with E-state index in [2.05, 4.69) is 43.4 Å². The standard InChI is InChI=1S/C21H23NO3/c1-14(2)21(15-7-5-4-6-8-15)22-13-16-11-20(23)25-19-12-17(24-3)9-10-18(16)19/h4-12,14,21-22H,13H2,1-3H3/p+1/t21-/m1/s1. The van der Waals surface area contributed by atoms with E-state index in [-0.39, 0.29) is 5.63 Å². The molecule has 2 N–H and O–H groups in total. The summed E-state index contributed by atoms with van der Waals surface area (Å²) in [5.41, 5.74) is 2.52. The lowest BCUT2D eigenvalue weighted by Crippen LogP contribution is -2.84. The Morgan fingerprint density at radius 2 is 1.84 bits per heavy atom. The molecule has 0 amide bonds. The Labute approximate surface area is 147 Å². The minimum Gasteiger partial charge on any atom is -0.497 e. The Morgan fingerprint density at radius 3 is 2.52 bits per heavy atom. The van der Waals surface area contributed by atoms with Gasteiger partial charge < -0.3 is 14.5 Å². The molecule has 1 aromatic heterocycles. The molecule has 0 spiro atoms. The number of methoxy groups -OCH3 is 1. The van der Waals surface area contributed by atoms with Crippen LogP contribution >= 0.6 is 0 Å². The molecule has 3 rings (SSSR count). The van der Waals surface area contributed by atoms with Gasteiger partial charge in [-0.05, 0) is 12.1 Å². The van der Waals surface area contributed by atoms with Gasteiger partial charge in [0.25, 0.3) is 0 Å². The molecule has 25 heavy (non-hydrogen) atoms. The van der Waals surface area contributed by atoms with Crippen LogP contribution in [-0.2, 0) is 6.54 Å². The van der Waals surface area contributed by atoms with E-state index in [0.29, 0.717) is 29.8 Å². The first-order valence-corrected chi connectivity index (χ1v) is 8.57. The fourth-order valence-corrected chi connectivity index (χ4v) is 3.23. The zero-order valence-corrected chi connectivity index (χ0v) is 14.9. The maximum atomic E-state index is 11.9. The molecule has 0 aliphatic rings. The summed E-state index contributed by atoms with van der Waals surface area (Å²) < 4.78 is 10.6. The zero-order chi connectivity index (χ0) is 17.8. The molecule has 4 nitrogen and oxygen atoms in total. The number of hydrogen-bond donors (Lipinski definition) is 1. The minimum atomic E-state index is -0.329. The highest BCUT2D eigenvalue weighted by Gasteiger charge is 2.19. The van der Waals surface area contributed by atoms with Crippen molar-refractivity contribution >= 4 is 11.0 Å². The second kappa shape index (κ2) is 7.53. The number of benzene rings is 2. The van der Waals surface area contributed by atoms with Crippen LogP contribution in [0, 0.1) is 5.92 Å². The molecule has 2 aromatic carbocycles. The van der Waals surface area contributed by atoms with Crippen molar-refractivity contribution in [2.75, 3.05) is 7.11 Å². The summed E-state index contributed by atoms with van der Waals surface area (Å²) in [6, 6.07) is 18.0. The molecule has 0 bridgehead atoms. The number of quaternary nitrogens is 1. The van der Waals surface area contributed by atoms with Crippen LogP contribution in [0.3, 0.4) is 0 Å². The van der Waals surface area contributed by atoms with E-state index in [4.69, 9.17) is 9.15 Å². The number of rotatable bonds is 6.